The monoisotopic (exact) mass is 292 g/mol. The van der Waals surface area contributed by atoms with Gasteiger partial charge in [-0.15, -0.1) is 0 Å². The third-order valence-electron chi connectivity index (χ3n) is 3.77. The highest BCUT2D eigenvalue weighted by atomic mass is 16.5. The summed E-state index contributed by atoms with van der Waals surface area (Å²) in [4.78, 5) is 12.3. The molecule has 0 aromatic heterocycles. The first-order valence-electron chi connectivity index (χ1n) is 7.80. The number of hydrogen-bond donors (Lipinski definition) is 2. The van der Waals surface area contributed by atoms with Crippen LogP contribution in [0.25, 0.3) is 0 Å². The van der Waals surface area contributed by atoms with Crippen molar-refractivity contribution in [1.82, 2.24) is 5.32 Å². The molecular weight excluding hydrogens is 264 g/mol. The summed E-state index contributed by atoms with van der Waals surface area (Å²) in [5, 5.41) is 3.07. The molecule has 0 saturated heterocycles. The summed E-state index contributed by atoms with van der Waals surface area (Å²) in [6, 6.07) is 7.29. The number of ether oxygens (including phenoxy) is 1. The minimum absolute atomic E-state index is 0.0621. The summed E-state index contributed by atoms with van der Waals surface area (Å²) in [5.74, 6) is 0.744. The summed E-state index contributed by atoms with van der Waals surface area (Å²) >= 11 is 0. The van der Waals surface area contributed by atoms with Crippen molar-refractivity contribution < 1.29 is 9.53 Å². The summed E-state index contributed by atoms with van der Waals surface area (Å²) in [6.07, 6.45) is 3.77. The van der Waals surface area contributed by atoms with E-state index in [-0.39, 0.29) is 11.4 Å². The minimum Gasteiger partial charge on any atom is -0.494 e. The highest BCUT2D eigenvalue weighted by Crippen LogP contribution is 2.17. The van der Waals surface area contributed by atoms with Crippen molar-refractivity contribution in [2.45, 2.75) is 52.0 Å². The fourth-order valence-corrected chi connectivity index (χ4v) is 2.03. The van der Waals surface area contributed by atoms with Gasteiger partial charge in [-0.05, 0) is 57.0 Å². The Labute approximate surface area is 128 Å². The highest BCUT2D eigenvalue weighted by Gasteiger charge is 2.23. The number of carbonyl (C=O) groups excluding carboxylic acids is 1. The molecule has 3 N–H and O–H groups in total. The van der Waals surface area contributed by atoms with Crippen LogP contribution < -0.4 is 15.8 Å². The molecule has 0 aliphatic heterocycles. The second-order valence-corrected chi connectivity index (χ2v) is 5.63. The molecule has 1 atom stereocenters. The van der Waals surface area contributed by atoms with Gasteiger partial charge in [-0.25, -0.2) is 0 Å². The Morgan fingerprint density at radius 2 is 1.95 bits per heavy atom. The van der Waals surface area contributed by atoms with Crippen LogP contribution >= 0.6 is 0 Å². The van der Waals surface area contributed by atoms with E-state index in [0.29, 0.717) is 18.7 Å². The summed E-state index contributed by atoms with van der Waals surface area (Å²) in [6.45, 7) is 7.49. The van der Waals surface area contributed by atoms with Crippen LogP contribution in [0.5, 0.6) is 5.75 Å². The van der Waals surface area contributed by atoms with E-state index < -0.39 is 0 Å². The fourth-order valence-electron chi connectivity index (χ4n) is 2.03. The van der Waals surface area contributed by atoms with Crippen molar-refractivity contribution in [2.75, 3.05) is 13.2 Å². The van der Waals surface area contributed by atoms with Crippen molar-refractivity contribution in [3.8, 4) is 5.75 Å². The van der Waals surface area contributed by atoms with Gasteiger partial charge in [0.15, 0.2) is 0 Å². The van der Waals surface area contributed by atoms with Gasteiger partial charge in [0.1, 0.15) is 5.75 Å². The molecule has 1 amide bonds. The summed E-state index contributed by atoms with van der Waals surface area (Å²) in [5.41, 5.74) is 6.01. The molecule has 0 fully saturated rings. The van der Waals surface area contributed by atoms with E-state index in [1.54, 1.807) is 12.1 Å². The standard InChI is InChI=1S/C17H28N2O2/c1-4-6-13-21-15-9-7-14(8-10-15)16(20)19-17(3,5-2)11-12-18/h7-10H,4-6,11-13,18H2,1-3H3,(H,19,20). The largest absolute Gasteiger partial charge is 0.494 e. The Morgan fingerprint density at radius 1 is 1.29 bits per heavy atom. The Balaban J connectivity index is 2.62. The number of unbranched alkanes of at least 4 members (excludes halogenated alkanes) is 1. The lowest BCUT2D eigenvalue weighted by atomic mass is 9.94. The number of rotatable bonds is 9. The Kier molecular flexibility index (Phi) is 7.23. The Bertz CT molecular complexity index is 431. The van der Waals surface area contributed by atoms with Gasteiger partial charge < -0.3 is 15.8 Å². The van der Waals surface area contributed by atoms with Crippen molar-refractivity contribution >= 4 is 5.91 Å². The zero-order valence-electron chi connectivity index (χ0n) is 13.4. The zero-order chi connectivity index (χ0) is 15.7. The molecule has 4 nitrogen and oxygen atoms in total. The molecule has 0 spiro atoms. The highest BCUT2D eigenvalue weighted by molar-refractivity contribution is 5.94. The van der Waals surface area contributed by atoms with E-state index in [0.717, 1.165) is 31.4 Å². The molecule has 118 valence electrons. The van der Waals surface area contributed by atoms with Crippen LogP contribution in [0.3, 0.4) is 0 Å². The van der Waals surface area contributed by atoms with Crippen LogP contribution in [-0.4, -0.2) is 24.6 Å². The van der Waals surface area contributed by atoms with Gasteiger partial charge in [-0.1, -0.05) is 20.3 Å². The average molecular weight is 292 g/mol. The van der Waals surface area contributed by atoms with Crippen LogP contribution in [0.15, 0.2) is 24.3 Å². The van der Waals surface area contributed by atoms with Gasteiger partial charge in [0.05, 0.1) is 6.61 Å². The maximum atomic E-state index is 12.3. The van der Waals surface area contributed by atoms with Crippen LogP contribution in [-0.2, 0) is 0 Å². The minimum atomic E-state index is -0.248. The van der Waals surface area contributed by atoms with Crippen molar-refractivity contribution in [1.29, 1.82) is 0 Å². The van der Waals surface area contributed by atoms with Crippen LogP contribution in [0.1, 0.15) is 56.8 Å². The third-order valence-corrected chi connectivity index (χ3v) is 3.77. The molecule has 1 aromatic rings. The van der Waals surface area contributed by atoms with E-state index in [2.05, 4.69) is 19.2 Å². The van der Waals surface area contributed by atoms with E-state index in [9.17, 15) is 4.79 Å². The predicted molar refractivity (Wildman–Crippen MR) is 86.7 cm³/mol. The van der Waals surface area contributed by atoms with E-state index in [1.807, 2.05) is 19.1 Å². The number of hydrogen-bond acceptors (Lipinski definition) is 3. The number of nitrogens with two attached hydrogens (primary N) is 1. The number of benzene rings is 1. The summed E-state index contributed by atoms with van der Waals surface area (Å²) in [7, 11) is 0. The van der Waals surface area contributed by atoms with Crippen molar-refractivity contribution in [3.63, 3.8) is 0 Å². The maximum absolute atomic E-state index is 12.3. The van der Waals surface area contributed by atoms with Crippen LogP contribution in [0.4, 0.5) is 0 Å². The zero-order valence-corrected chi connectivity index (χ0v) is 13.4. The first kappa shape index (κ1) is 17.5. The maximum Gasteiger partial charge on any atom is 0.251 e. The molecule has 1 unspecified atom stereocenters. The molecule has 1 aromatic carbocycles. The molecule has 0 aliphatic carbocycles. The van der Waals surface area contributed by atoms with Gasteiger partial charge >= 0.3 is 0 Å². The average Bonchev–Trinajstić information content (AvgIpc) is 2.48. The normalized spacial score (nSPS) is 13.5. The van der Waals surface area contributed by atoms with Gasteiger partial charge in [0, 0.05) is 11.1 Å². The topological polar surface area (TPSA) is 64.3 Å². The lowest BCUT2D eigenvalue weighted by Gasteiger charge is -2.29. The van der Waals surface area contributed by atoms with Crippen LogP contribution in [0.2, 0.25) is 0 Å². The molecule has 1 rings (SSSR count). The van der Waals surface area contributed by atoms with Gasteiger partial charge in [0.2, 0.25) is 0 Å². The first-order chi connectivity index (χ1) is 10.0. The van der Waals surface area contributed by atoms with Crippen molar-refractivity contribution in [3.05, 3.63) is 29.8 Å². The molecule has 0 bridgehead atoms. The first-order valence-corrected chi connectivity index (χ1v) is 7.80. The van der Waals surface area contributed by atoms with Crippen molar-refractivity contribution in [2.24, 2.45) is 5.73 Å². The molecule has 0 heterocycles. The van der Waals surface area contributed by atoms with Gasteiger partial charge in [0.25, 0.3) is 5.91 Å². The number of nitrogens with one attached hydrogen (secondary N) is 1. The molecule has 0 radical (unpaired) electrons. The summed E-state index contributed by atoms with van der Waals surface area (Å²) < 4.78 is 5.59. The Morgan fingerprint density at radius 3 is 2.48 bits per heavy atom. The number of carbonyl (C=O) groups is 1. The van der Waals surface area contributed by atoms with E-state index in [4.69, 9.17) is 10.5 Å². The van der Waals surface area contributed by atoms with Gasteiger partial charge in [-0.2, -0.15) is 0 Å². The lowest BCUT2D eigenvalue weighted by molar-refractivity contribution is 0.0900. The quantitative estimate of drug-likeness (QED) is 0.687. The molecule has 0 saturated carbocycles. The third kappa shape index (κ3) is 5.76. The molecule has 4 heteroatoms. The SMILES string of the molecule is CCCCOc1ccc(C(=O)NC(C)(CC)CCN)cc1. The lowest BCUT2D eigenvalue weighted by Crippen LogP contribution is -2.46. The van der Waals surface area contributed by atoms with Crippen LogP contribution in [0, 0.1) is 0 Å². The van der Waals surface area contributed by atoms with E-state index in [1.165, 1.54) is 0 Å². The second-order valence-electron chi connectivity index (χ2n) is 5.63. The number of amides is 1. The second kappa shape index (κ2) is 8.67. The van der Waals surface area contributed by atoms with E-state index >= 15 is 0 Å². The molecule has 0 aliphatic rings. The predicted octanol–water partition coefficient (Wildman–Crippen LogP) is 3.11. The van der Waals surface area contributed by atoms with Gasteiger partial charge in [-0.3, -0.25) is 4.79 Å². The fraction of sp³-hybridized carbons (Fsp3) is 0.588. The molecular formula is C17H28N2O2. The smallest absolute Gasteiger partial charge is 0.251 e. The Hall–Kier alpha value is -1.55. The molecule has 21 heavy (non-hydrogen) atoms.